The van der Waals surface area contributed by atoms with Gasteiger partial charge < -0.3 is 4.57 Å². The first kappa shape index (κ1) is 12.9. The Labute approximate surface area is 120 Å². The lowest BCUT2D eigenvalue weighted by Gasteiger charge is -2.09. The van der Waals surface area contributed by atoms with Gasteiger partial charge in [-0.05, 0) is 50.5 Å². The standard InChI is InChI=1S/C18H20N2/c1-12-10-17-18(19-14(12)3)13(2)15(4)20(17)11-16-8-6-5-7-9-16/h5-10H,11H2,1-4H3. The molecule has 2 heteroatoms. The molecule has 0 N–H and O–H groups in total. The van der Waals surface area contributed by atoms with Crippen LogP contribution in [0.1, 0.15) is 28.1 Å². The summed E-state index contributed by atoms with van der Waals surface area (Å²) in [5.74, 6) is 0. The van der Waals surface area contributed by atoms with Gasteiger partial charge in [0.1, 0.15) is 0 Å². The normalized spacial score (nSPS) is 11.2. The topological polar surface area (TPSA) is 17.8 Å². The van der Waals surface area contributed by atoms with Gasteiger partial charge in [-0.1, -0.05) is 30.3 Å². The van der Waals surface area contributed by atoms with Crippen LogP contribution in [0.3, 0.4) is 0 Å². The second kappa shape index (κ2) is 4.78. The van der Waals surface area contributed by atoms with Crippen molar-refractivity contribution in [2.75, 3.05) is 0 Å². The van der Waals surface area contributed by atoms with E-state index in [4.69, 9.17) is 4.98 Å². The number of aryl methyl sites for hydroxylation is 3. The lowest BCUT2D eigenvalue weighted by molar-refractivity contribution is 0.800. The van der Waals surface area contributed by atoms with Crippen LogP contribution in [-0.2, 0) is 6.54 Å². The van der Waals surface area contributed by atoms with E-state index >= 15 is 0 Å². The Hall–Kier alpha value is -2.09. The molecule has 0 aliphatic heterocycles. The minimum Gasteiger partial charge on any atom is -0.339 e. The SMILES string of the molecule is Cc1cc2c(nc1C)c(C)c(C)n2Cc1ccccc1. The van der Waals surface area contributed by atoms with Gasteiger partial charge in [0.2, 0.25) is 0 Å². The van der Waals surface area contributed by atoms with Crippen LogP contribution >= 0.6 is 0 Å². The molecular weight excluding hydrogens is 244 g/mol. The summed E-state index contributed by atoms with van der Waals surface area (Å²) in [6.45, 7) is 9.47. The number of nitrogens with zero attached hydrogens (tertiary/aromatic N) is 2. The van der Waals surface area contributed by atoms with E-state index in [1.54, 1.807) is 0 Å². The molecule has 0 unspecified atom stereocenters. The van der Waals surface area contributed by atoms with Crippen molar-refractivity contribution >= 4 is 11.0 Å². The third-order valence-electron chi connectivity index (χ3n) is 4.22. The third-order valence-corrected chi connectivity index (χ3v) is 4.22. The highest BCUT2D eigenvalue weighted by atomic mass is 15.0. The van der Waals surface area contributed by atoms with Gasteiger partial charge >= 0.3 is 0 Å². The minimum atomic E-state index is 0.904. The highest BCUT2D eigenvalue weighted by molar-refractivity contribution is 5.82. The fourth-order valence-corrected chi connectivity index (χ4v) is 2.70. The molecule has 2 aromatic heterocycles. The smallest absolute Gasteiger partial charge is 0.0916 e. The summed E-state index contributed by atoms with van der Waals surface area (Å²) in [5.41, 5.74) is 8.68. The third kappa shape index (κ3) is 2.01. The van der Waals surface area contributed by atoms with Crippen molar-refractivity contribution in [3.63, 3.8) is 0 Å². The Bertz CT molecular complexity index is 767. The quantitative estimate of drug-likeness (QED) is 0.674. The highest BCUT2D eigenvalue weighted by Gasteiger charge is 2.13. The summed E-state index contributed by atoms with van der Waals surface area (Å²) in [7, 11) is 0. The maximum Gasteiger partial charge on any atom is 0.0916 e. The molecule has 2 nitrogen and oxygen atoms in total. The Morgan fingerprint density at radius 2 is 1.70 bits per heavy atom. The molecule has 0 aliphatic carbocycles. The van der Waals surface area contributed by atoms with Crippen LogP contribution in [0.15, 0.2) is 36.4 Å². The molecule has 2 heterocycles. The molecule has 0 aliphatic rings. The molecule has 102 valence electrons. The highest BCUT2D eigenvalue weighted by Crippen LogP contribution is 2.26. The molecule has 0 saturated heterocycles. The van der Waals surface area contributed by atoms with E-state index in [0.717, 1.165) is 17.8 Å². The zero-order valence-corrected chi connectivity index (χ0v) is 12.6. The van der Waals surface area contributed by atoms with Crippen molar-refractivity contribution in [1.29, 1.82) is 0 Å². The largest absolute Gasteiger partial charge is 0.339 e. The Morgan fingerprint density at radius 1 is 1.00 bits per heavy atom. The predicted molar refractivity (Wildman–Crippen MR) is 84.2 cm³/mol. The Morgan fingerprint density at radius 3 is 2.40 bits per heavy atom. The van der Waals surface area contributed by atoms with Gasteiger partial charge in [0.25, 0.3) is 0 Å². The molecular formula is C18H20N2. The summed E-state index contributed by atoms with van der Waals surface area (Å²) in [4.78, 5) is 4.78. The Balaban J connectivity index is 2.20. The van der Waals surface area contributed by atoms with Crippen LogP contribution in [0.2, 0.25) is 0 Å². The van der Waals surface area contributed by atoms with Crippen LogP contribution in [-0.4, -0.2) is 9.55 Å². The van der Waals surface area contributed by atoms with E-state index in [2.05, 4.69) is 68.7 Å². The summed E-state index contributed by atoms with van der Waals surface area (Å²) in [6, 6.07) is 12.9. The van der Waals surface area contributed by atoms with E-state index in [1.165, 1.54) is 27.9 Å². The lowest BCUT2D eigenvalue weighted by atomic mass is 10.2. The van der Waals surface area contributed by atoms with Gasteiger partial charge in [0.05, 0.1) is 11.0 Å². The minimum absolute atomic E-state index is 0.904. The number of aromatic nitrogens is 2. The molecule has 20 heavy (non-hydrogen) atoms. The van der Waals surface area contributed by atoms with Crippen molar-refractivity contribution in [3.05, 3.63) is 64.5 Å². The van der Waals surface area contributed by atoms with Crippen LogP contribution in [0.25, 0.3) is 11.0 Å². The van der Waals surface area contributed by atoms with Gasteiger partial charge in [-0.15, -0.1) is 0 Å². The molecule has 0 spiro atoms. The van der Waals surface area contributed by atoms with Crippen molar-refractivity contribution in [1.82, 2.24) is 9.55 Å². The first-order valence-electron chi connectivity index (χ1n) is 7.05. The average Bonchev–Trinajstić information content (AvgIpc) is 2.66. The van der Waals surface area contributed by atoms with E-state index in [1.807, 2.05) is 0 Å². The van der Waals surface area contributed by atoms with Crippen molar-refractivity contribution in [3.8, 4) is 0 Å². The van der Waals surface area contributed by atoms with Crippen molar-refractivity contribution in [2.24, 2.45) is 0 Å². The predicted octanol–water partition coefficient (Wildman–Crippen LogP) is 4.32. The van der Waals surface area contributed by atoms with Gasteiger partial charge in [0, 0.05) is 17.9 Å². The number of pyridine rings is 1. The van der Waals surface area contributed by atoms with E-state index in [0.29, 0.717) is 0 Å². The number of fused-ring (bicyclic) bond motifs is 1. The molecule has 0 radical (unpaired) electrons. The summed E-state index contributed by atoms with van der Waals surface area (Å²) < 4.78 is 2.37. The Kier molecular flexibility index (Phi) is 3.09. The van der Waals surface area contributed by atoms with Crippen molar-refractivity contribution < 1.29 is 0 Å². The molecule has 0 bridgehead atoms. The molecule has 0 fully saturated rings. The average molecular weight is 264 g/mol. The van der Waals surface area contributed by atoms with E-state index < -0.39 is 0 Å². The first-order valence-corrected chi connectivity index (χ1v) is 7.05. The van der Waals surface area contributed by atoms with Crippen LogP contribution < -0.4 is 0 Å². The first-order chi connectivity index (χ1) is 9.58. The van der Waals surface area contributed by atoms with E-state index in [9.17, 15) is 0 Å². The molecule has 3 aromatic rings. The lowest BCUT2D eigenvalue weighted by Crippen LogP contribution is -2.02. The summed E-state index contributed by atoms with van der Waals surface area (Å²) in [5, 5.41) is 0. The number of benzene rings is 1. The zero-order valence-electron chi connectivity index (χ0n) is 12.6. The second-order valence-electron chi connectivity index (χ2n) is 5.54. The number of hydrogen-bond donors (Lipinski definition) is 0. The van der Waals surface area contributed by atoms with Gasteiger partial charge in [-0.2, -0.15) is 0 Å². The zero-order chi connectivity index (χ0) is 14.3. The molecule has 0 atom stereocenters. The van der Waals surface area contributed by atoms with Gasteiger partial charge in [-0.3, -0.25) is 4.98 Å². The monoisotopic (exact) mass is 264 g/mol. The fourth-order valence-electron chi connectivity index (χ4n) is 2.70. The van der Waals surface area contributed by atoms with Gasteiger partial charge in [-0.25, -0.2) is 0 Å². The number of hydrogen-bond acceptors (Lipinski definition) is 1. The fraction of sp³-hybridized carbons (Fsp3) is 0.278. The van der Waals surface area contributed by atoms with Crippen molar-refractivity contribution in [2.45, 2.75) is 34.2 Å². The van der Waals surface area contributed by atoms with Gasteiger partial charge in [0.15, 0.2) is 0 Å². The summed E-state index contributed by atoms with van der Waals surface area (Å²) >= 11 is 0. The van der Waals surface area contributed by atoms with E-state index in [-0.39, 0.29) is 0 Å². The maximum atomic E-state index is 4.78. The number of rotatable bonds is 2. The van der Waals surface area contributed by atoms with Crippen LogP contribution in [0.4, 0.5) is 0 Å². The van der Waals surface area contributed by atoms with Crippen LogP contribution in [0, 0.1) is 27.7 Å². The van der Waals surface area contributed by atoms with Crippen LogP contribution in [0.5, 0.6) is 0 Å². The summed E-state index contributed by atoms with van der Waals surface area (Å²) in [6.07, 6.45) is 0. The second-order valence-corrected chi connectivity index (χ2v) is 5.54. The molecule has 0 amide bonds. The molecule has 0 saturated carbocycles. The maximum absolute atomic E-state index is 4.78. The molecule has 3 rings (SSSR count). The molecule has 1 aromatic carbocycles.